The van der Waals surface area contributed by atoms with E-state index in [0.29, 0.717) is 24.4 Å². The second-order valence-corrected chi connectivity index (χ2v) is 8.73. The number of nitrogens with one attached hydrogen (secondary N) is 1. The number of imide groups is 1. The zero-order valence-electron chi connectivity index (χ0n) is 17.4. The molecule has 1 unspecified atom stereocenters. The number of hydrogen-bond donors (Lipinski definition) is 1. The van der Waals surface area contributed by atoms with Gasteiger partial charge in [0.05, 0.1) is 0 Å². The Morgan fingerprint density at radius 2 is 1.90 bits per heavy atom. The molecule has 3 aliphatic rings. The SMILES string of the molecule is O=C1CCC(N2Cc3cc(C4CCN(Cc5cccnc5)CC4)ccc3C2=O)C(=O)N1. The van der Waals surface area contributed by atoms with Gasteiger partial charge < -0.3 is 4.90 Å². The molecule has 160 valence electrons. The van der Waals surface area contributed by atoms with Crippen LogP contribution in [0.1, 0.15) is 58.6 Å². The number of likely N-dealkylation sites (tertiary alicyclic amines) is 1. The molecule has 0 aliphatic carbocycles. The van der Waals surface area contributed by atoms with Gasteiger partial charge in [0.15, 0.2) is 0 Å². The van der Waals surface area contributed by atoms with E-state index < -0.39 is 6.04 Å². The number of rotatable bonds is 4. The summed E-state index contributed by atoms with van der Waals surface area (Å²) >= 11 is 0. The molecule has 4 heterocycles. The molecule has 0 bridgehead atoms. The van der Waals surface area contributed by atoms with Crippen molar-refractivity contribution in [1.82, 2.24) is 20.1 Å². The van der Waals surface area contributed by atoms with Crippen molar-refractivity contribution >= 4 is 17.7 Å². The van der Waals surface area contributed by atoms with Crippen molar-refractivity contribution in [1.29, 1.82) is 0 Å². The molecule has 2 saturated heterocycles. The molecule has 3 amide bonds. The smallest absolute Gasteiger partial charge is 0.255 e. The second-order valence-electron chi connectivity index (χ2n) is 8.73. The molecule has 31 heavy (non-hydrogen) atoms. The molecule has 1 N–H and O–H groups in total. The maximum Gasteiger partial charge on any atom is 0.255 e. The first-order valence-electron chi connectivity index (χ1n) is 11.0. The van der Waals surface area contributed by atoms with Gasteiger partial charge in [-0.2, -0.15) is 0 Å². The van der Waals surface area contributed by atoms with E-state index in [2.05, 4.69) is 33.4 Å². The van der Waals surface area contributed by atoms with Gasteiger partial charge in [-0.15, -0.1) is 0 Å². The Labute approximate surface area is 181 Å². The van der Waals surface area contributed by atoms with E-state index >= 15 is 0 Å². The Balaban J connectivity index is 1.24. The summed E-state index contributed by atoms with van der Waals surface area (Å²) < 4.78 is 0. The molecule has 2 fully saturated rings. The Bertz CT molecular complexity index is 1010. The van der Waals surface area contributed by atoms with E-state index in [4.69, 9.17) is 0 Å². The molecule has 3 aliphatic heterocycles. The Hall–Kier alpha value is -3.06. The van der Waals surface area contributed by atoms with E-state index in [1.54, 1.807) is 11.1 Å². The van der Waals surface area contributed by atoms with Crippen LogP contribution in [0.25, 0.3) is 0 Å². The van der Waals surface area contributed by atoms with Gasteiger partial charge in [-0.3, -0.25) is 29.6 Å². The third-order valence-electron chi connectivity index (χ3n) is 6.74. The maximum absolute atomic E-state index is 12.9. The number of benzene rings is 1. The van der Waals surface area contributed by atoms with E-state index in [1.165, 1.54) is 11.1 Å². The van der Waals surface area contributed by atoms with Crippen LogP contribution in [0.2, 0.25) is 0 Å². The van der Waals surface area contributed by atoms with Gasteiger partial charge in [-0.25, -0.2) is 0 Å². The van der Waals surface area contributed by atoms with Crippen LogP contribution in [-0.2, 0) is 22.7 Å². The molecule has 2 aromatic rings. The standard InChI is InChI=1S/C24H26N4O3/c29-22-6-5-21(23(30)26-22)28-15-19-12-18(3-4-20(19)24(28)31)17-7-10-27(11-8-17)14-16-2-1-9-25-13-16/h1-4,9,12-13,17,21H,5-8,10-11,14-15H2,(H,26,29,30). The van der Waals surface area contributed by atoms with Crippen LogP contribution < -0.4 is 5.32 Å². The molecule has 7 heteroatoms. The summed E-state index contributed by atoms with van der Waals surface area (Å²) in [5, 5.41) is 2.36. The van der Waals surface area contributed by atoms with Gasteiger partial charge in [-0.05, 0) is 67.1 Å². The first kappa shape index (κ1) is 19.9. The van der Waals surface area contributed by atoms with Crippen molar-refractivity contribution in [2.45, 2.75) is 50.7 Å². The van der Waals surface area contributed by atoms with Crippen LogP contribution in [-0.4, -0.2) is 51.6 Å². The van der Waals surface area contributed by atoms with Crippen molar-refractivity contribution in [2.24, 2.45) is 0 Å². The van der Waals surface area contributed by atoms with Crippen LogP contribution in [0.4, 0.5) is 0 Å². The molecule has 1 aromatic carbocycles. The molecule has 1 atom stereocenters. The van der Waals surface area contributed by atoms with Crippen LogP contribution in [0.15, 0.2) is 42.7 Å². The summed E-state index contributed by atoms with van der Waals surface area (Å²) in [5.41, 5.74) is 4.19. The van der Waals surface area contributed by atoms with Crippen molar-refractivity contribution in [3.8, 4) is 0 Å². The number of carbonyl (C=O) groups is 3. The lowest BCUT2D eigenvalue weighted by Gasteiger charge is -2.32. The molecule has 0 radical (unpaired) electrons. The average molecular weight is 418 g/mol. The summed E-state index contributed by atoms with van der Waals surface area (Å²) in [6, 6.07) is 9.68. The summed E-state index contributed by atoms with van der Waals surface area (Å²) in [5.74, 6) is -0.251. The predicted molar refractivity (Wildman–Crippen MR) is 114 cm³/mol. The summed E-state index contributed by atoms with van der Waals surface area (Å²) in [6.45, 7) is 3.45. The average Bonchev–Trinajstić information content (AvgIpc) is 3.10. The number of fused-ring (bicyclic) bond motifs is 1. The van der Waals surface area contributed by atoms with Gasteiger partial charge in [-0.1, -0.05) is 18.2 Å². The van der Waals surface area contributed by atoms with Crippen LogP contribution >= 0.6 is 0 Å². The second kappa shape index (κ2) is 8.23. The highest BCUT2D eigenvalue weighted by atomic mass is 16.2. The van der Waals surface area contributed by atoms with Gasteiger partial charge in [0.2, 0.25) is 11.8 Å². The van der Waals surface area contributed by atoms with Crippen LogP contribution in [0, 0.1) is 0 Å². The molecule has 0 spiro atoms. The first-order chi connectivity index (χ1) is 15.1. The quantitative estimate of drug-likeness (QED) is 0.770. The summed E-state index contributed by atoms with van der Waals surface area (Å²) in [7, 11) is 0. The number of pyridine rings is 1. The fourth-order valence-corrected chi connectivity index (χ4v) is 5.02. The maximum atomic E-state index is 12.9. The van der Waals surface area contributed by atoms with E-state index in [0.717, 1.165) is 38.0 Å². The zero-order valence-corrected chi connectivity index (χ0v) is 17.4. The zero-order chi connectivity index (χ0) is 21.4. The topological polar surface area (TPSA) is 82.6 Å². The summed E-state index contributed by atoms with van der Waals surface area (Å²) in [4.78, 5) is 44.8. The number of amides is 3. The van der Waals surface area contributed by atoms with Crippen LogP contribution in [0.5, 0.6) is 0 Å². The van der Waals surface area contributed by atoms with Crippen LogP contribution in [0.3, 0.4) is 0 Å². The van der Waals surface area contributed by atoms with E-state index in [-0.39, 0.29) is 24.1 Å². The predicted octanol–water partition coefficient (Wildman–Crippen LogP) is 2.22. The third-order valence-corrected chi connectivity index (χ3v) is 6.74. The van der Waals surface area contributed by atoms with Crippen molar-refractivity contribution in [2.75, 3.05) is 13.1 Å². The minimum Gasteiger partial charge on any atom is -0.322 e. The van der Waals surface area contributed by atoms with Crippen molar-refractivity contribution < 1.29 is 14.4 Å². The highest BCUT2D eigenvalue weighted by molar-refractivity contribution is 6.05. The highest BCUT2D eigenvalue weighted by Gasteiger charge is 2.39. The van der Waals surface area contributed by atoms with E-state index in [1.807, 2.05) is 18.3 Å². The van der Waals surface area contributed by atoms with Crippen molar-refractivity contribution in [3.63, 3.8) is 0 Å². The lowest BCUT2D eigenvalue weighted by molar-refractivity contribution is -0.136. The monoisotopic (exact) mass is 418 g/mol. The largest absolute Gasteiger partial charge is 0.322 e. The number of aromatic nitrogens is 1. The van der Waals surface area contributed by atoms with Gasteiger partial charge in [0, 0.05) is 37.5 Å². The molecule has 7 nitrogen and oxygen atoms in total. The molecular formula is C24H26N4O3. The Kier molecular flexibility index (Phi) is 5.28. The summed E-state index contributed by atoms with van der Waals surface area (Å²) in [6.07, 6.45) is 6.58. The minimum atomic E-state index is -0.559. The Morgan fingerprint density at radius 1 is 1.06 bits per heavy atom. The van der Waals surface area contributed by atoms with Gasteiger partial charge in [0.1, 0.15) is 6.04 Å². The highest BCUT2D eigenvalue weighted by Crippen LogP contribution is 2.33. The normalized spacial score (nSPS) is 22.5. The number of nitrogens with zero attached hydrogens (tertiary/aromatic N) is 3. The fraction of sp³-hybridized carbons (Fsp3) is 0.417. The molecule has 0 saturated carbocycles. The fourth-order valence-electron chi connectivity index (χ4n) is 5.02. The first-order valence-corrected chi connectivity index (χ1v) is 11.0. The van der Waals surface area contributed by atoms with Gasteiger partial charge >= 0.3 is 0 Å². The molecule has 5 rings (SSSR count). The van der Waals surface area contributed by atoms with E-state index in [9.17, 15) is 14.4 Å². The lowest BCUT2D eigenvalue weighted by Crippen LogP contribution is -2.52. The third kappa shape index (κ3) is 3.97. The minimum absolute atomic E-state index is 0.109. The molecule has 1 aromatic heterocycles. The lowest BCUT2D eigenvalue weighted by atomic mass is 9.88. The molecular weight excluding hydrogens is 392 g/mol. The van der Waals surface area contributed by atoms with Crippen molar-refractivity contribution in [3.05, 3.63) is 65.0 Å². The van der Waals surface area contributed by atoms with Gasteiger partial charge in [0.25, 0.3) is 5.91 Å². The number of carbonyl (C=O) groups excluding carboxylic acids is 3. The number of piperidine rings is 2. The number of hydrogen-bond acceptors (Lipinski definition) is 5. The Morgan fingerprint density at radius 3 is 2.65 bits per heavy atom.